The highest BCUT2D eigenvalue weighted by Gasteiger charge is 2.31. The van der Waals surface area contributed by atoms with Crippen LogP contribution in [0.5, 0.6) is 0 Å². The van der Waals surface area contributed by atoms with Crippen molar-refractivity contribution in [3.05, 3.63) is 34.2 Å². The summed E-state index contributed by atoms with van der Waals surface area (Å²) in [5.74, 6) is 1.43. The average molecular weight is 347 g/mol. The number of amides is 1. The zero-order chi connectivity index (χ0) is 18.1. The van der Waals surface area contributed by atoms with E-state index in [9.17, 15) is 9.59 Å². The van der Waals surface area contributed by atoms with Crippen molar-refractivity contribution < 1.29 is 9.21 Å². The molecule has 1 aliphatic rings. The van der Waals surface area contributed by atoms with Gasteiger partial charge in [0.1, 0.15) is 11.6 Å². The molecule has 2 aromatic heterocycles. The van der Waals surface area contributed by atoms with Crippen molar-refractivity contribution in [1.82, 2.24) is 24.2 Å². The quantitative estimate of drug-likeness (QED) is 0.841. The topological polar surface area (TPSA) is 86.2 Å². The van der Waals surface area contributed by atoms with Gasteiger partial charge in [0.05, 0.1) is 0 Å². The first-order valence-corrected chi connectivity index (χ1v) is 8.80. The maximum absolute atomic E-state index is 12.9. The minimum absolute atomic E-state index is 0.0564. The smallest absolute Gasteiger partial charge is 0.345 e. The average Bonchev–Trinajstić information content (AvgIpc) is 3.20. The molecule has 0 bridgehead atoms. The number of rotatable bonds is 4. The van der Waals surface area contributed by atoms with Crippen LogP contribution in [0, 0.1) is 0 Å². The number of hydrogen-bond acceptors (Lipinski definition) is 5. The molecule has 0 unspecified atom stereocenters. The number of oxazole rings is 1. The van der Waals surface area contributed by atoms with Crippen LogP contribution in [-0.4, -0.2) is 43.2 Å². The van der Waals surface area contributed by atoms with E-state index in [1.165, 1.54) is 11.1 Å². The molecule has 0 N–H and O–H groups in total. The fourth-order valence-corrected chi connectivity index (χ4v) is 3.47. The van der Waals surface area contributed by atoms with Gasteiger partial charge in [0, 0.05) is 38.5 Å². The molecule has 1 fully saturated rings. The first-order chi connectivity index (χ1) is 11.9. The summed E-state index contributed by atoms with van der Waals surface area (Å²) < 4.78 is 8.44. The summed E-state index contributed by atoms with van der Waals surface area (Å²) in [4.78, 5) is 31.0. The van der Waals surface area contributed by atoms with E-state index in [1.807, 2.05) is 20.8 Å². The van der Waals surface area contributed by atoms with Gasteiger partial charge in [-0.25, -0.2) is 14.5 Å². The van der Waals surface area contributed by atoms with Gasteiger partial charge in [0.15, 0.2) is 12.1 Å². The van der Waals surface area contributed by atoms with Gasteiger partial charge in [-0.05, 0) is 19.8 Å². The molecule has 3 heterocycles. The van der Waals surface area contributed by atoms with Crippen molar-refractivity contribution in [1.29, 1.82) is 0 Å². The Morgan fingerprint density at radius 2 is 2.20 bits per heavy atom. The standard InChI is InChI=1S/C17H25N5O3/c1-5-22-15(19-20(4)17(22)24)12-7-6-8-21(9-12)16(23)13-14(11(2)3)25-10-18-13/h10-12H,5-9H2,1-4H3/t12-/m1/s1. The SMILES string of the molecule is CCn1c([C@@H]2CCCN(C(=O)c3ncoc3C(C)C)C2)nn(C)c1=O. The van der Waals surface area contributed by atoms with Crippen LogP contribution in [0.2, 0.25) is 0 Å². The summed E-state index contributed by atoms with van der Waals surface area (Å²) >= 11 is 0. The van der Waals surface area contributed by atoms with Crippen molar-refractivity contribution in [3.8, 4) is 0 Å². The van der Waals surface area contributed by atoms with Gasteiger partial charge in [-0.3, -0.25) is 9.36 Å². The molecule has 0 radical (unpaired) electrons. The Balaban J connectivity index is 1.84. The highest BCUT2D eigenvalue weighted by atomic mass is 16.3. The van der Waals surface area contributed by atoms with Gasteiger partial charge in [-0.2, -0.15) is 5.10 Å². The molecule has 25 heavy (non-hydrogen) atoms. The Hall–Kier alpha value is -2.38. The second-order valence-electron chi connectivity index (χ2n) is 6.82. The number of likely N-dealkylation sites (tertiary alicyclic amines) is 1. The Morgan fingerprint density at radius 3 is 2.88 bits per heavy atom. The van der Waals surface area contributed by atoms with Crippen molar-refractivity contribution >= 4 is 5.91 Å². The van der Waals surface area contributed by atoms with Crippen LogP contribution in [0.15, 0.2) is 15.6 Å². The van der Waals surface area contributed by atoms with Crippen LogP contribution in [0.3, 0.4) is 0 Å². The molecule has 1 amide bonds. The third kappa shape index (κ3) is 3.12. The fraction of sp³-hybridized carbons (Fsp3) is 0.647. The number of carbonyl (C=O) groups excluding carboxylic acids is 1. The Labute approximate surface area is 146 Å². The molecule has 0 spiro atoms. The van der Waals surface area contributed by atoms with Crippen LogP contribution >= 0.6 is 0 Å². The molecule has 0 saturated carbocycles. The molecule has 8 nitrogen and oxygen atoms in total. The third-order valence-corrected chi connectivity index (χ3v) is 4.75. The van der Waals surface area contributed by atoms with Crippen LogP contribution in [0.4, 0.5) is 0 Å². The maximum atomic E-state index is 12.9. The highest BCUT2D eigenvalue weighted by Crippen LogP contribution is 2.27. The van der Waals surface area contributed by atoms with E-state index < -0.39 is 0 Å². The molecule has 1 aliphatic heterocycles. The summed E-state index contributed by atoms with van der Waals surface area (Å²) in [5, 5.41) is 4.40. The predicted octanol–water partition coefficient (Wildman–Crippen LogP) is 1.73. The van der Waals surface area contributed by atoms with Crippen LogP contribution < -0.4 is 5.69 Å². The lowest BCUT2D eigenvalue weighted by molar-refractivity contribution is 0.0695. The van der Waals surface area contributed by atoms with Gasteiger partial charge in [-0.15, -0.1) is 0 Å². The Bertz CT molecular complexity index is 817. The predicted molar refractivity (Wildman–Crippen MR) is 91.6 cm³/mol. The minimum atomic E-state index is -0.112. The lowest BCUT2D eigenvalue weighted by atomic mass is 9.96. The zero-order valence-corrected chi connectivity index (χ0v) is 15.2. The molecule has 0 aromatic carbocycles. The van der Waals surface area contributed by atoms with Crippen molar-refractivity contribution in [2.24, 2.45) is 7.05 Å². The van der Waals surface area contributed by atoms with Gasteiger partial charge < -0.3 is 9.32 Å². The van der Waals surface area contributed by atoms with E-state index in [0.717, 1.165) is 18.7 Å². The first kappa shape index (κ1) is 17.4. The van der Waals surface area contributed by atoms with E-state index in [2.05, 4.69) is 10.1 Å². The summed E-state index contributed by atoms with van der Waals surface area (Å²) in [6.45, 7) is 7.69. The number of hydrogen-bond donors (Lipinski definition) is 0. The van der Waals surface area contributed by atoms with E-state index in [0.29, 0.717) is 31.1 Å². The van der Waals surface area contributed by atoms with Crippen LogP contribution in [0.1, 0.15) is 67.5 Å². The Kier molecular flexibility index (Phi) is 4.78. The first-order valence-electron chi connectivity index (χ1n) is 8.80. The van der Waals surface area contributed by atoms with Crippen LogP contribution in [-0.2, 0) is 13.6 Å². The molecule has 8 heteroatoms. The van der Waals surface area contributed by atoms with E-state index in [1.54, 1.807) is 16.5 Å². The van der Waals surface area contributed by atoms with Gasteiger partial charge in [0.2, 0.25) is 0 Å². The fourth-order valence-electron chi connectivity index (χ4n) is 3.47. The van der Waals surface area contributed by atoms with Gasteiger partial charge in [0.25, 0.3) is 5.91 Å². The Morgan fingerprint density at radius 1 is 1.44 bits per heavy atom. The molecule has 3 rings (SSSR count). The number of piperidine rings is 1. The second-order valence-corrected chi connectivity index (χ2v) is 6.82. The molecule has 1 atom stereocenters. The second kappa shape index (κ2) is 6.85. The number of aromatic nitrogens is 4. The molecule has 2 aromatic rings. The van der Waals surface area contributed by atoms with E-state index in [-0.39, 0.29) is 23.4 Å². The minimum Gasteiger partial charge on any atom is -0.447 e. The van der Waals surface area contributed by atoms with Gasteiger partial charge >= 0.3 is 5.69 Å². The lowest BCUT2D eigenvalue weighted by Crippen LogP contribution is -2.40. The molecular weight excluding hydrogens is 322 g/mol. The number of carbonyl (C=O) groups is 1. The van der Waals surface area contributed by atoms with Crippen molar-refractivity contribution in [3.63, 3.8) is 0 Å². The van der Waals surface area contributed by atoms with Crippen molar-refractivity contribution in [2.75, 3.05) is 13.1 Å². The molecular formula is C17H25N5O3. The third-order valence-electron chi connectivity index (χ3n) is 4.75. The van der Waals surface area contributed by atoms with Gasteiger partial charge in [-0.1, -0.05) is 13.8 Å². The number of aryl methyl sites for hydroxylation is 1. The maximum Gasteiger partial charge on any atom is 0.345 e. The highest BCUT2D eigenvalue weighted by molar-refractivity contribution is 5.93. The van der Waals surface area contributed by atoms with E-state index >= 15 is 0 Å². The summed E-state index contributed by atoms with van der Waals surface area (Å²) in [7, 11) is 1.66. The summed E-state index contributed by atoms with van der Waals surface area (Å²) in [6.07, 6.45) is 3.12. The monoisotopic (exact) mass is 347 g/mol. The zero-order valence-electron chi connectivity index (χ0n) is 15.2. The number of nitrogens with zero attached hydrogens (tertiary/aromatic N) is 5. The largest absolute Gasteiger partial charge is 0.447 e. The van der Waals surface area contributed by atoms with Crippen molar-refractivity contribution in [2.45, 2.75) is 52.0 Å². The lowest BCUT2D eigenvalue weighted by Gasteiger charge is -2.32. The van der Waals surface area contributed by atoms with E-state index in [4.69, 9.17) is 4.42 Å². The normalized spacial score (nSPS) is 18.1. The summed E-state index contributed by atoms with van der Waals surface area (Å²) in [6, 6.07) is 0. The molecule has 1 saturated heterocycles. The van der Waals surface area contributed by atoms with Crippen LogP contribution in [0.25, 0.3) is 0 Å². The molecule has 136 valence electrons. The molecule has 0 aliphatic carbocycles. The summed E-state index contributed by atoms with van der Waals surface area (Å²) in [5.41, 5.74) is 0.282.